The van der Waals surface area contributed by atoms with Crippen LogP contribution >= 0.6 is 0 Å². The van der Waals surface area contributed by atoms with Gasteiger partial charge in [0.15, 0.2) is 0 Å². The molecule has 0 amide bonds. The summed E-state index contributed by atoms with van der Waals surface area (Å²) in [6.45, 7) is 1.61. The van der Waals surface area contributed by atoms with Crippen molar-refractivity contribution in [3.8, 4) is 0 Å². The fourth-order valence-corrected chi connectivity index (χ4v) is 2.10. The highest BCUT2D eigenvalue weighted by atomic mass is 16.5. The lowest BCUT2D eigenvalue weighted by molar-refractivity contribution is -0.123. The van der Waals surface area contributed by atoms with E-state index in [1.165, 1.54) is 0 Å². The zero-order valence-electron chi connectivity index (χ0n) is 8.54. The van der Waals surface area contributed by atoms with E-state index in [0.29, 0.717) is 30.8 Å². The summed E-state index contributed by atoms with van der Waals surface area (Å²) in [5, 5.41) is 0. The van der Waals surface area contributed by atoms with Crippen LogP contribution in [0.25, 0.3) is 0 Å². The fraction of sp³-hybridized carbons (Fsp3) is 0.909. The van der Waals surface area contributed by atoms with E-state index >= 15 is 0 Å². The molecule has 2 aliphatic rings. The molecule has 2 fully saturated rings. The minimum absolute atomic E-state index is 0.303. The molecule has 0 radical (unpaired) electrons. The first-order valence-electron chi connectivity index (χ1n) is 5.59. The molecule has 3 heteroatoms. The van der Waals surface area contributed by atoms with Crippen molar-refractivity contribution in [2.24, 2.45) is 0 Å². The minimum atomic E-state index is 0.303. The molecule has 0 aromatic heterocycles. The van der Waals surface area contributed by atoms with Gasteiger partial charge in [-0.15, -0.1) is 0 Å². The highest BCUT2D eigenvalue weighted by molar-refractivity contribution is 5.79. The summed E-state index contributed by atoms with van der Waals surface area (Å²) < 4.78 is 11.2. The Morgan fingerprint density at radius 1 is 1.29 bits per heavy atom. The van der Waals surface area contributed by atoms with E-state index in [1.807, 2.05) is 0 Å². The zero-order valence-corrected chi connectivity index (χ0v) is 8.54. The Kier molecular flexibility index (Phi) is 3.54. The number of ketones is 1. The van der Waals surface area contributed by atoms with Crippen molar-refractivity contribution in [2.45, 2.75) is 50.7 Å². The second-order valence-corrected chi connectivity index (χ2v) is 4.21. The molecule has 1 aliphatic heterocycles. The lowest BCUT2D eigenvalue weighted by Gasteiger charge is -2.22. The van der Waals surface area contributed by atoms with Gasteiger partial charge >= 0.3 is 0 Å². The molecule has 14 heavy (non-hydrogen) atoms. The lowest BCUT2D eigenvalue weighted by Crippen LogP contribution is -2.25. The van der Waals surface area contributed by atoms with Gasteiger partial charge < -0.3 is 9.47 Å². The van der Waals surface area contributed by atoms with Crippen molar-refractivity contribution >= 4 is 5.78 Å². The Morgan fingerprint density at radius 2 is 2.07 bits per heavy atom. The maximum atomic E-state index is 11.0. The lowest BCUT2D eigenvalue weighted by atomic mass is 9.96. The number of hydrogen-bond donors (Lipinski definition) is 0. The summed E-state index contributed by atoms with van der Waals surface area (Å²) in [6.07, 6.45) is 6.14. The highest BCUT2D eigenvalue weighted by Gasteiger charge is 2.22. The molecule has 1 aliphatic carbocycles. The van der Waals surface area contributed by atoms with Gasteiger partial charge in [-0.1, -0.05) is 0 Å². The summed E-state index contributed by atoms with van der Waals surface area (Å²) in [5.74, 6) is 0.391. The number of Topliss-reactive ketones (excluding diaryl/α,β-unsaturated/α-hetero) is 1. The largest absolute Gasteiger partial charge is 0.376 e. The van der Waals surface area contributed by atoms with Crippen LogP contribution in [0.5, 0.6) is 0 Å². The van der Waals surface area contributed by atoms with Gasteiger partial charge in [-0.3, -0.25) is 4.79 Å². The average Bonchev–Trinajstić information content (AvgIpc) is 2.70. The first-order chi connectivity index (χ1) is 6.84. The van der Waals surface area contributed by atoms with Crippen LogP contribution in [0.2, 0.25) is 0 Å². The van der Waals surface area contributed by atoms with Gasteiger partial charge in [-0.05, 0) is 25.7 Å². The molecule has 1 saturated heterocycles. The standard InChI is InChI=1S/C11H18O3/c12-9-3-5-10(6-4-9)14-8-11-2-1-7-13-11/h10-11H,1-8H2. The van der Waals surface area contributed by atoms with Gasteiger partial charge in [-0.25, -0.2) is 0 Å². The number of carbonyl (C=O) groups excluding carboxylic acids is 1. The van der Waals surface area contributed by atoms with E-state index in [9.17, 15) is 4.79 Å². The molecule has 0 N–H and O–H groups in total. The molecular formula is C11H18O3. The topological polar surface area (TPSA) is 35.5 Å². The summed E-state index contributed by atoms with van der Waals surface area (Å²) in [5.41, 5.74) is 0. The summed E-state index contributed by atoms with van der Waals surface area (Å²) in [4.78, 5) is 11.0. The molecule has 1 atom stereocenters. The van der Waals surface area contributed by atoms with Crippen LogP contribution in [0.3, 0.4) is 0 Å². The normalized spacial score (nSPS) is 29.7. The predicted octanol–water partition coefficient (Wildman–Crippen LogP) is 1.69. The van der Waals surface area contributed by atoms with E-state index in [-0.39, 0.29) is 0 Å². The van der Waals surface area contributed by atoms with E-state index < -0.39 is 0 Å². The van der Waals surface area contributed by atoms with Crippen molar-refractivity contribution in [3.05, 3.63) is 0 Å². The molecule has 0 aromatic carbocycles. The van der Waals surface area contributed by atoms with Gasteiger partial charge in [0.25, 0.3) is 0 Å². The smallest absolute Gasteiger partial charge is 0.133 e. The number of rotatable bonds is 3. The fourth-order valence-electron chi connectivity index (χ4n) is 2.10. The van der Waals surface area contributed by atoms with E-state index in [0.717, 1.165) is 38.9 Å². The van der Waals surface area contributed by atoms with Gasteiger partial charge in [0.05, 0.1) is 18.8 Å². The molecule has 0 bridgehead atoms. The summed E-state index contributed by atoms with van der Waals surface area (Å²) >= 11 is 0. The second-order valence-electron chi connectivity index (χ2n) is 4.21. The zero-order chi connectivity index (χ0) is 9.80. The van der Waals surface area contributed by atoms with Gasteiger partial charge in [-0.2, -0.15) is 0 Å². The third kappa shape index (κ3) is 2.79. The Hall–Kier alpha value is -0.410. The second kappa shape index (κ2) is 4.89. The van der Waals surface area contributed by atoms with E-state index in [4.69, 9.17) is 9.47 Å². The average molecular weight is 198 g/mol. The van der Waals surface area contributed by atoms with Gasteiger partial charge in [0.1, 0.15) is 5.78 Å². The summed E-state index contributed by atoms with van der Waals surface area (Å²) in [6, 6.07) is 0. The maximum absolute atomic E-state index is 11.0. The molecule has 0 aromatic rings. The third-order valence-electron chi connectivity index (χ3n) is 3.03. The first kappa shape index (κ1) is 10.1. The van der Waals surface area contributed by atoms with Crippen molar-refractivity contribution < 1.29 is 14.3 Å². The first-order valence-corrected chi connectivity index (χ1v) is 5.59. The number of carbonyl (C=O) groups is 1. The van der Waals surface area contributed by atoms with Crippen molar-refractivity contribution in [1.82, 2.24) is 0 Å². The highest BCUT2D eigenvalue weighted by Crippen LogP contribution is 2.20. The number of hydrogen-bond acceptors (Lipinski definition) is 3. The van der Waals surface area contributed by atoms with Crippen molar-refractivity contribution in [3.63, 3.8) is 0 Å². The van der Waals surface area contributed by atoms with Crippen molar-refractivity contribution in [1.29, 1.82) is 0 Å². The Bertz CT molecular complexity index is 187. The van der Waals surface area contributed by atoms with Crippen molar-refractivity contribution in [2.75, 3.05) is 13.2 Å². The van der Waals surface area contributed by atoms with Crippen LogP contribution in [0.15, 0.2) is 0 Å². The Balaban J connectivity index is 1.63. The molecular weight excluding hydrogens is 180 g/mol. The van der Waals surface area contributed by atoms with Crippen LogP contribution < -0.4 is 0 Å². The third-order valence-corrected chi connectivity index (χ3v) is 3.03. The Morgan fingerprint density at radius 3 is 2.71 bits per heavy atom. The van der Waals surface area contributed by atoms with Gasteiger partial charge in [0, 0.05) is 19.4 Å². The monoisotopic (exact) mass is 198 g/mol. The minimum Gasteiger partial charge on any atom is -0.376 e. The molecule has 3 nitrogen and oxygen atoms in total. The van der Waals surface area contributed by atoms with Crippen LogP contribution in [0, 0.1) is 0 Å². The molecule has 80 valence electrons. The molecule has 1 heterocycles. The molecule has 1 saturated carbocycles. The number of ether oxygens (including phenoxy) is 2. The maximum Gasteiger partial charge on any atom is 0.133 e. The van der Waals surface area contributed by atoms with Gasteiger partial charge in [0.2, 0.25) is 0 Å². The van der Waals surface area contributed by atoms with Crippen LogP contribution in [0.4, 0.5) is 0 Å². The Labute approximate surface area is 84.8 Å². The van der Waals surface area contributed by atoms with Crippen LogP contribution in [-0.4, -0.2) is 31.2 Å². The quantitative estimate of drug-likeness (QED) is 0.692. The van der Waals surface area contributed by atoms with E-state index in [1.54, 1.807) is 0 Å². The molecule has 1 unspecified atom stereocenters. The molecule has 0 spiro atoms. The SMILES string of the molecule is O=C1CCC(OCC2CCCO2)CC1. The van der Waals surface area contributed by atoms with E-state index in [2.05, 4.69) is 0 Å². The summed E-state index contributed by atoms with van der Waals surface area (Å²) in [7, 11) is 0. The van der Waals surface area contributed by atoms with Crippen LogP contribution in [0.1, 0.15) is 38.5 Å². The molecule has 2 rings (SSSR count). The van der Waals surface area contributed by atoms with Crippen LogP contribution in [-0.2, 0) is 14.3 Å². The predicted molar refractivity (Wildman–Crippen MR) is 52.2 cm³/mol.